The average Bonchev–Trinajstić information content (AvgIpc) is 3.70. The van der Waals surface area contributed by atoms with Gasteiger partial charge in [-0.15, -0.1) is 0 Å². The van der Waals surface area contributed by atoms with Gasteiger partial charge in [-0.2, -0.15) is 0 Å². The molecule has 5 nitrogen and oxygen atoms in total. The van der Waals surface area contributed by atoms with Crippen LogP contribution < -0.4 is 0 Å². The van der Waals surface area contributed by atoms with Crippen LogP contribution in [0.1, 0.15) is 0 Å². The topological polar surface area (TPSA) is 64.7 Å². The summed E-state index contributed by atoms with van der Waals surface area (Å²) in [6.45, 7) is 0. The Kier molecular flexibility index (Phi) is 5.51. The van der Waals surface area contributed by atoms with Crippen LogP contribution >= 0.6 is 0 Å². The molecule has 3 heterocycles. The lowest BCUT2D eigenvalue weighted by Crippen LogP contribution is -2.00. The number of furan rings is 1. The van der Waals surface area contributed by atoms with Crippen molar-refractivity contribution < 1.29 is 4.42 Å². The van der Waals surface area contributed by atoms with Crippen LogP contribution in [0.2, 0.25) is 0 Å². The molecule has 0 saturated carbocycles. The summed E-state index contributed by atoms with van der Waals surface area (Å²) in [6.07, 6.45) is 3.59. The molecule has 218 valence electrons. The van der Waals surface area contributed by atoms with Crippen LogP contribution in [-0.4, -0.2) is 19.9 Å². The summed E-state index contributed by atoms with van der Waals surface area (Å²) in [6, 6.07) is 46.1. The standard InChI is InChI=1S/C42H24N4O/c1-3-10-25(11-4-1)40-44-41(26-12-5-2-6-13-26)46-42(45-40)35-21-20-33(39-38(35)34-22-23-43-24-36(34)47-39)29-18-19-32-28-15-8-7-14-27(28)30-16-9-17-31(29)37(30)32/h1-24H. The largest absolute Gasteiger partial charge is 0.454 e. The minimum atomic E-state index is 0.588. The van der Waals surface area contributed by atoms with E-state index in [4.69, 9.17) is 19.4 Å². The van der Waals surface area contributed by atoms with Gasteiger partial charge in [0.2, 0.25) is 0 Å². The van der Waals surface area contributed by atoms with Crippen molar-refractivity contribution in [2.45, 2.75) is 0 Å². The van der Waals surface area contributed by atoms with E-state index < -0.39 is 0 Å². The Labute approximate surface area is 269 Å². The zero-order valence-corrected chi connectivity index (χ0v) is 25.1. The summed E-state index contributed by atoms with van der Waals surface area (Å²) in [5, 5.41) is 4.39. The fourth-order valence-corrected chi connectivity index (χ4v) is 7.10. The summed E-state index contributed by atoms with van der Waals surface area (Å²) in [4.78, 5) is 19.4. The molecule has 0 N–H and O–H groups in total. The molecule has 0 atom stereocenters. The molecule has 47 heavy (non-hydrogen) atoms. The predicted octanol–water partition coefficient (Wildman–Crippen LogP) is 10.6. The maximum atomic E-state index is 6.68. The Morgan fingerprint density at radius 3 is 1.68 bits per heavy atom. The van der Waals surface area contributed by atoms with Gasteiger partial charge in [-0.1, -0.05) is 115 Å². The number of nitrogens with zero attached hydrogens (tertiary/aromatic N) is 4. The van der Waals surface area contributed by atoms with Crippen LogP contribution in [0, 0.1) is 0 Å². The molecular formula is C42H24N4O. The lowest BCUT2D eigenvalue weighted by atomic mass is 9.92. The number of fused-ring (bicyclic) bond motifs is 6. The molecular weight excluding hydrogens is 576 g/mol. The first-order chi connectivity index (χ1) is 23.3. The van der Waals surface area contributed by atoms with E-state index in [0.29, 0.717) is 17.5 Å². The molecule has 3 aromatic heterocycles. The third-order valence-corrected chi connectivity index (χ3v) is 9.20. The number of aromatic nitrogens is 4. The van der Waals surface area contributed by atoms with Crippen LogP contribution in [-0.2, 0) is 0 Å². The van der Waals surface area contributed by atoms with Crippen molar-refractivity contribution in [3.63, 3.8) is 0 Å². The molecule has 5 heteroatoms. The molecule has 0 bridgehead atoms. The number of pyridine rings is 1. The fraction of sp³-hybridized carbons (Fsp3) is 0. The van der Waals surface area contributed by atoms with Gasteiger partial charge >= 0.3 is 0 Å². The third kappa shape index (κ3) is 3.90. The van der Waals surface area contributed by atoms with E-state index in [9.17, 15) is 0 Å². The average molecular weight is 601 g/mol. The molecule has 0 fully saturated rings. The van der Waals surface area contributed by atoms with Crippen LogP contribution in [0.4, 0.5) is 0 Å². The van der Waals surface area contributed by atoms with Gasteiger partial charge in [0.1, 0.15) is 5.58 Å². The monoisotopic (exact) mass is 600 g/mol. The molecule has 0 aliphatic heterocycles. The van der Waals surface area contributed by atoms with Gasteiger partial charge in [-0.3, -0.25) is 4.98 Å². The van der Waals surface area contributed by atoms with Gasteiger partial charge in [0.15, 0.2) is 23.1 Å². The quantitative estimate of drug-likeness (QED) is 0.201. The van der Waals surface area contributed by atoms with E-state index >= 15 is 0 Å². The number of rotatable bonds is 4. The minimum absolute atomic E-state index is 0.588. The summed E-state index contributed by atoms with van der Waals surface area (Å²) < 4.78 is 6.68. The Balaban J connectivity index is 1.25. The summed E-state index contributed by atoms with van der Waals surface area (Å²) in [7, 11) is 0. The lowest BCUT2D eigenvalue weighted by Gasteiger charge is -2.13. The lowest BCUT2D eigenvalue weighted by molar-refractivity contribution is 0.668. The number of benzene rings is 6. The van der Waals surface area contributed by atoms with Crippen molar-refractivity contribution in [2.24, 2.45) is 0 Å². The highest BCUT2D eigenvalue weighted by Gasteiger charge is 2.25. The van der Waals surface area contributed by atoms with E-state index in [2.05, 4.69) is 71.7 Å². The van der Waals surface area contributed by atoms with Crippen LogP contribution in [0.25, 0.3) is 100 Å². The SMILES string of the molecule is c1ccc(-c2nc(-c3ccccc3)nc(-c3ccc(-c4ccc5c6c(cccc46)-c4ccccc4-5)c4oc5cnccc5c34)n2)cc1. The van der Waals surface area contributed by atoms with E-state index in [1.807, 2.05) is 72.9 Å². The fourth-order valence-electron chi connectivity index (χ4n) is 7.10. The highest BCUT2D eigenvalue weighted by Crippen LogP contribution is 2.50. The zero-order valence-electron chi connectivity index (χ0n) is 25.1. The van der Waals surface area contributed by atoms with Gasteiger partial charge in [-0.25, -0.2) is 15.0 Å². The minimum Gasteiger partial charge on any atom is -0.454 e. The smallest absolute Gasteiger partial charge is 0.164 e. The second kappa shape index (κ2) is 10.0. The first-order valence-corrected chi connectivity index (χ1v) is 15.6. The van der Waals surface area contributed by atoms with E-state index in [1.54, 1.807) is 6.20 Å². The molecule has 0 amide bonds. The number of hydrogen-bond donors (Lipinski definition) is 0. The van der Waals surface area contributed by atoms with Gasteiger partial charge in [-0.05, 0) is 56.8 Å². The maximum absolute atomic E-state index is 6.68. The second-order valence-corrected chi connectivity index (χ2v) is 11.8. The molecule has 1 aliphatic carbocycles. The molecule has 0 radical (unpaired) electrons. The van der Waals surface area contributed by atoms with E-state index in [0.717, 1.165) is 49.8 Å². The Hall–Kier alpha value is -6.46. The van der Waals surface area contributed by atoms with Crippen molar-refractivity contribution in [3.8, 4) is 67.5 Å². The molecule has 6 aromatic carbocycles. The van der Waals surface area contributed by atoms with Gasteiger partial charge < -0.3 is 4.42 Å². The Morgan fingerprint density at radius 2 is 0.957 bits per heavy atom. The second-order valence-electron chi connectivity index (χ2n) is 11.8. The van der Waals surface area contributed by atoms with Crippen LogP contribution in [0.15, 0.2) is 150 Å². The van der Waals surface area contributed by atoms with Gasteiger partial charge in [0.25, 0.3) is 0 Å². The van der Waals surface area contributed by atoms with Gasteiger partial charge in [0.05, 0.1) is 6.20 Å². The summed E-state index contributed by atoms with van der Waals surface area (Å²) in [5.41, 5.74) is 11.5. The summed E-state index contributed by atoms with van der Waals surface area (Å²) >= 11 is 0. The zero-order chi connectivity index (χ0) is 30.9. The first-order valence-electron chi connectivity index (χ1n) is 15.6. The van der Waals surface area contributed by atoms with Crippen LogP contribution in [0.5, 0.6) is 0 Å². The molecule has 0 spiro atoms. The van der Waals surface area contributed by atoms with Crippen LogP contribution in [0.3, 0.4) is 0 Å². The predicted molar refractivity (Wildman–Crippen MR) is 189 cm³/mol. The Bertz CT molecular complexity index is 2590. The van der Waals surface area contributed by atoms with Crippen molar-refractivity contribution in [2.75, 3.05) is 0 Å². The normalized spacial score (nSPS) is 11.8. The molecule has 0 unspecified atom stereocenters. The molecule has 10 rings (SSSR count). The molecule has 1 aliphatic rings. The van der Waals surface area contributed by atoms with E-state index in [1.165, 1.54) is 33.0 Å². The van der Waals surface area contributed by atoms with E-state index in [-0.39, 0.29) is 0 Å². The van der Waals surface area contributed by atoms with Crippen molar-refractivity contribution in [1.82, 2.24) is 19.9 Å². The third-order valence-electron chi connectivity index (χ3n) is 9.20. The van der Waals surface area contributed by atoms with Crippen molar-refractivity contribution in [1.29, 1.82) is 0 Å². The first kappa shape index (κ1) is 25.8. The molecule has 0 saturated heterocycles. The molecule has 9 aromatic rings. The highest BCUT2D eigenvalue weighted by molar-refractivity contribution is 6.22. The maximum Gasteiger partial charge on any atom is 0.164 e. The van der Waals surface area contributed by atoms with Crippen molar-refractivity contribution in [3.05, 3.63) is 146 Å². The van der Waals surface area contributed by atoms with Gasteiger partial charge in [0, 0.05) is 39.2 Å². The summed E-state index contributed by atoms with van der Waals surface area (Å²) in [5.74, 6) is 1.83. The highest BCUT2D eigenvalue weighted by atomic mass is 16.3. The van der Waals surface area contributed by atoms with Crippen molar-refractivity contribution >= 4 is 32.7 Å². The Morgan fingerprint density at radius 1 is 0.383 bits per heavy atom. The number of hydrogen-bond acceptors (Lipinski definition) is 5.